The van der Waals surface area contributed by atoms with Gasteiger partial charge >= 0.3 is 0 Å². The van der Waals surface area contributed by atoms with Gasteiger partial charge in [-0.05, 0) is 36.2 Å². The van der Waals surface area contributed by atoms with Crippen LogP contribution in [0.2, 0.25) is 5.02 Å². The Kier molecular flexibility index (Phi) is 2.66. The number of rotatable bonds is 2. The largest absolute Gasteiger partial charge is 0.272 e. The van der Waals surface area contributed by atoms with Crippen LogP contribution in [-0.4, -0.2) is 23.0 Å². The van der Waals surface area contributed by atoms with Crippen molar-refractivity contribution in [2.24, 2.45) is 40.6 Å². The Hall–Kier alpha value is -1.94. The van der Waals surface area contributed by atoms with Crippen LogP contribution < -0.4 is 0 Å². The summed E-state index contributed by atoms with van der Waals surface area (Å²) in [6.45, 7) is 0. The van der Waals surface area contributed by atoms with Crippen molar-refractivity contribution in [3.8, 4) is 0 Å². The molecule has 1 heterocycles. The number of carbonyl (C=O) groups is 2. The highest BCUT2D eigenvalue weighted by molar-refractivity contribution is 6.33. The molecule has 23 heavy (non-hydrogen) atoms. The molecular formula is C18H15ClN2O2. The Labute approximate surface area is 138 Å². The zero-order valence-electron chi connectivity index (χ0n) is 12.3. The third-order valence-electron chi connectivity index (χ3n) is 5.86. The van der Waals surface area contributed by atoms with Crippen LogP contribution in [0.25, 0.3) is 0 Å². The SMILES string of the molecule is O=C1[C@H]2[C@@H]3C=C[C@H]([C@H]4C[C@H]34)[C@@H]2C(=O)N1/N=C\c1ccccc1Cl. The molecule has 0 radical (unpaired) electrons. The van der Waals surface area contributed by atoms with E-state index in [4.69, 9.17) is 11.6 Å². The molecular weight excluding hydrogens is 312 g/mol. The molecule has 1 saturated heterocycles. The average molecular weight is 327 g/mol. The van der Waals surface area contributed by atoms with Crippen LogP contribution in [0.15, 0.2) is 41.5 Å². The molecule has 0 aromatic heterocycles. The lowest BCUT2D eigenvalue weighted by Gasteiger charge is -2.37. The summed E-state index contributed by atoms with van der Waals surface area (Å²) >= 11 is 6.10. The van der Waals surface area contributed by atoms with E-state index in [9.17, 15) is 9.59 Å². The van der Waals surface area contributed by atoms with Crippen LogP contribution in [-0.2, 0) is 9.59 Å². The van der Waals surface area contributed by atoms with E-state index in [1.165, 1.54) is 12.6 Å². The van der Waals surface area contributed by atoms with Gasteiger partial charge in [0.15, 0.2) is 0 Å². The van der Waals surface area contributed by atoms with Gasteiger partial charge in [0, 0.05) is 10.6 Å². The van der Waals surface area contributed by atoms with Crippen molar-refractivity contribution in [2.45, 2.75) is 6.42 Å². The zero-order valence-corrected chi connectivity index (χ0v) is 13.1. The molecule has 2 bridgehead atoms. The van der Waals surface area contributed by atoms with E-state index in [-0.39, 0.29) is 35.5 Å². The minimum absolute atomic E-state index is 0.145. The van der Waals surface area contributed by atoms with Gasteiger partial charge in [-0.1, -0.05) is 42.0 Å². The van der Waals surface area contributed by atoms with Crippen LogP contribution >= 0.6 is 11.6 Å². The van der Waals surface area contributed by atoms with Gasteiger partial charge in [0.2, 0.25) is 0 Å². The summed E-state index contributed by atoms with van der Waals surface area (Å²) in [4.78, 5) is 25.5. The highest BCUT2D eigenvalue weighted by atomic mass is 35.5. The molecule has 0 unspecified atom stereocenters. The van der Waals surface area contributed by atoms with Crippen molar-refractivity contribution < 1.29 is 9.59 Å². The molecule has 1 aliphatic heterocycles. The van der Waals surface area contributed by atoms with E-state index < -0.39 is 0 Å². The number of imide groups is 1. The highest BCUT2D eigenvalue weighted by Crippen LogP contribution is 2.65. The van der Waals surface area contributed by atoms with Gasteiger partial charge in [0.05, 0.1) is 18.1 Å². The van der Waals surface area contributed by atoms with Gasteiger partial charge in [-0.3, -0.25) is 9.59 Å². The number of benzene rings is 1. The molecule has 0 N–H and O–H groups in total. The van der Waals surface area contributed by atoms with Gasteiger partial charge in [-0.2, -0.15) is 10.1 Å². The number of hydrazone groups is 1. The Bertz CT molecular complexity index is 751. The molecule has 2 amide bonds. The van der Waals surface area contributed by atoms with Crippen molar-refractivity contribution in [3.63, 3.8) is 0 Å². The second kappa shape index (κ2) is 4.54. The van der Waals surface area contributed by atoms with Gasteiger partial charge in [-0.15, -0.1) is 0 Å². The Morgan fingerprint density at radius 2 is 1.65 bits per heavy atom. The summed E-state index contributed by atoms with van der Waals surface area (Å²) in [5.74, 6) is 0.972. The lowest BCUT2D eigenvalue weighted by molar-refractivity contribution is -0.140. The van der Waals surface area contributed by atoms with Crippen LogP contribution in [0.5, 0.6) is 0 Å². The first-order chi connectivity index (χ1) is 11.2. The van der Waals surface area contributed by atoms with Crippen molar-refractivity contribution in [1.29, 1.82) is 0 Å². The van der Waals surface area contributed by atoms with Crippen LogP contribution in [0.4, 0.5) is 0 Å². The van der Waals surface area contributed by atoms with Gasteiger partial charge in [-0.25, -0.2) is 0 Å². The molecule has 5 heteroatoms. The first-order valence-corrected chi connectivity index (χ1v) is 8.39. The molecule has 3 fully saturated rings. The van der Waals surface area contributed by atoms with Crippen molar-refractivity contribution in [3.05, 3.63) is 47.0 Å². The van der Waals surface area contributed by atoms with Crippen molar-refractivity contribution in [1.82, 2.24) is 5.01 Å². The second-order valence-corrected chi connectivity index (χ2v) is 7.32. The van der Waals surface area contributed by atoms with Crippen LogP contribution in [0.3, 0.4) is 0 Å². The Balaban J connectivity index is 1.47. The zero-order chi connectivity index (χ0) is 15.7. The van der Waals surface area contributed by atoms with Gasteiger partial charge < -0.3 is 0 Å². The topological polar surface area (TPSA) is 49.7 Å². The Morgan fingerprint density at radius 3 is 2.26 bits per heavy atom. The normalized spacial score (nSPS) is 40.0. The van der Waals surface area contributed by atoms with Crippen molar-refractivity contribution >= 4 is 29.6 Å². The summed E-state index contributed by atoms with van der Waals surface area (Å²) in [7, 11) is 0. The monoisotopic (exact) mass is 326 g/mol. The maximum Gasteiger partial charge on any atom is 0.254 e. The van der Waals surface area contributed by atoms with Crippen molar-refractivity contribution in [2.75, 3.05) is 0 Å². The number of halogens is 1. The maximum atomic E-state index is 12.7. The van der Waals surface area contributed by atoms with Gasteiger partial charge in [0.1, 0.15) is 0 Å². The van der Waals surface area contributed by atoms with Crippen LogP contribution in [0.1, 0.15) is 12.0 Å². The fourth-order valence-electron chi connectivity index (χ4n) is 4.75. The highest BCUT2D eigenvalue weighted by Gasteiger charge is 2.67. The van der Waals surface area contributed by atoms with E-state index in [0.29, 0.717) is 22.4 Å². The number of carbonyl (C=O) groups excluding carboxylic acids is 2. The average Bonchev–Trinajstić information content (AvgIpc) is 3.33. The lowest BCUT2D eigenvalue weighted by Crippen LogP contribution is -2.40. The summed E-state index contributed by atoms with van der Waals surface area (Å²) < 4.78 is 0. The van der Waals surface area contributed by atoms with E-state index in [0.717, 1.165) is 5.01 Å². The minimum atomic E-state index is -0.204. The molecule has 4 aliphatic carbocycles. The number of allylic oxidation sites excluding steroid dienone is 2. The fraction of sp³-hybridized carbons (Fsp3) is 0.389. The summed E-state index contributed by atoms with van der Waals surface area (Å²) in [5.41, 5.74) is 0.702. The quantitative estimate of drug-likeness (QED) is 0.476. The smallest absolute Gasteiger partial charge is 0.254 e. The van der Waals surface area contributed by atoms with E-state index in [1.54, 1.807) is 6.07 Å². The molecule has 6 rings (SSSR count). The van der Waals surface area contributed by atoms with E-state index in [2.05, 4.69) is 17.3 Å². The summed E-state index contributed by atoms with van der Waals surface area (Å²) in [6.07, 6.45) is 6.99. The molecule has 6 atom stereocenters. The number of nitrogens with zero attached hydrogens (tertiary/aromatic N) is 2. The van der Waals surface area contributed by atoms with E-state index in [1.807, 2.05) is 18.2 Å². The first-order valence-electron chi connectivity index (χ1n) is 8.01. The van der Waals surface area contributed by atoms with E-state index >= 15 is 0 Å². The maximum absolute atomic E-state index is 12.7. The number of hydrogen-bond acceptors (Lipinski definition) is 3. The molecule has 116 valence electrons. The molecule has 5 aliphatic rings. The lowest BCUT2D eigenvalue weighted by atomic mass is 9.63. The molecule has 1 aromatic rings. The summed E-state index contributed by atoms with van der Waals surface area (Å²) in [6, 6.07) is 7.24. The summed E-state index contributed by atoms with van der Waals surface area (Å²) in [5, 5.41) is 5.81. The van der Waals surface area contributed by atoms with Crippen LogP contribution in [0, 0.1) is 35.5 Å². The Morgan fingerprint density at radius 1 is 1.04 bits per heavy atom. The first kappa shape index (κ1) is 13.5. The molecule has 2 saturated carbocycles. The minimum Gasteiger partial charge on any atom is -0.272 e. The molecule has 4 nitrogen and oxygen atoms in total. The molecule has 0 spiro atoms. The van der Waals surface area contributed by atoms with Gasteiger partial charge in [0.25, 0.3) is 11.8 Å². The predicted molar refractivity (Wildman–Crippen MR) is 85.6 cm³/mol. The standard InChI is InChI=1S/C18H15ClN2O2/c19-14-4-2-1-3-9(14)8-20-21-17(22)15-10-5-6-11(13-7-12(10)13)16(15)18(21)23/h1-6,8,10-13,15-16H,7H2/b20-8-/t10-,11-,12-,13-,15+,16+/m1/s1. The fourth-order valence-corrected chi connectivity index (χ4v) is 4.94. The number of hydrogen-bond donors (Lipinski definition) is 0. The second-order valence-electron chi connectivity index (χ2n) is 6.91. The third kappa shape index (κ3) is 1.75. The number of amides is 2. The predicted octanol–water partition coefficient (Wildman–Crippen LogP) is 2.73. The molecule has 1 aromatic carbocycles. The third-order valence-corrected chi connectivity index (χ3v) is 6.20.